The van der Waals surface area contributed by atoms with Gasteiger partial charge in [0, 0.05) is 51.8 Å². The lowest BCUT2D eigenvalue weighted by Gasteiger charge is -2.19. The number of thiophene rings is 2. The molecule has 0 radical (unpaired) electrons. The van der Waals surface area contributed by atoms with Crippen molar-refractivity contribution in [3.8, 4) is 32.4 Å². The quantitative estimate of drug-likeness (QED) is 0.267. The highest BCUT2D eigenvalue weighted by Crippen LogP contribution is 2.30. The average Bonchev–Trinajstić information content (AvgIpc) is 3.51. The topological polar surface area (TPSA) is 65.2 Å². The zero-order valence-corrected chi connectivity index (χ0v) is 20.2. The first-order valence-corrected chi connectivity index (χ1v) is 12.4. The maximum absolute atomic E-state index is 10.2. The lowest BCUT2D eigenvalue weighted by Crippen LogP contribution is -2.19. The third-order valence-corrected chi connectivity index (χ3v) is 7.00. The van der Waals surface area contributed by atoms with Gasteiger partial charge in [-0.1, -0.05) is 26.0 Å². The van der Waals surface area contributed by atoms with Gasteiger partial charge in [-0.2, -0.15) is 0 Å². The van der Waals surface area contributed by atoms with E-state index in [0.29, 0.717) is 24.2 Å². The van der Waals surface area contributed by atoms with Gasteiger partial charge in [0.2, 0.25) is 0 Å². The monoisotopic (exact) mass is 474 g/mol. The second-order valence-corrected chi connectivity index (χ2v) is 10.5. The van der Waals surface area contributed by atoms with Gasteiger partial charge >= 0.3 is 0 Å². The number of phenolic OH excluding ortho intramolecular Hbond substituents is 2. The van der Waals surface area contributed by atoms with Crippen molar-refractivity contribution in [3.05, 3.63) is 82.6 Å². The highest BCUT2D eigenvalue weighted by Gasteiger charge is 2.16. The molecule has 0 aliphatic carbocycles. The fourth-order valence-electron chi connectivity index (χ4n) is 3.34. The van der Waals surface area contributed by atoms with E-state index < -0.39 is 0 Å². The molecule has 0 aliphatic heterocycles. The lowest BCUT2D eigenvalue weighted by atomic mass is 9.94. The molecule has 2 heterocycles. The summed E-state index contributed by atoms with van der Waals surface area (Å²) in [5.41, 5.74) is 3.37. The molecule has 0 saturated heterocycles. The maximum atomic E-state index is 10.2. The number of hydrogen-bond donors (Lipinski definition) is 2. The summed E-state index contributed by atoms with van der Waals surface area (Å²) in [5.74, 6) is 0.437. The molecule has 0 aliphatic rings. The predicted molar refractivity (Wildman–Crippen MR) is 142 cm³/mol. The van der Waals surface area contributed by atoms with E-state index in [1.54, 1.807) is 47.2 Å². The van der Waals surface area contributed by atoms with E-state index in [1.807, 2.05) is 47.2 Å². The van der Waals surface area contributed by atoms with Gasteiger partial charge in [-0.05, 0) is 70.4 Å². The summed E-state index contributed by atoms with van der Waals surface area (Å²) >= 11 is 3.34. The molecule has 0 spiro atoms. The largest absolute Gasteiger partial charge is 0.507 e. The van der Waals surface area contributed by atoms with Crippen molar-refractivity contribution in [2.24, 2.45) is 15.4 Å². The van der Waals surface area contributed by atoms with Crippen LogP contribution < -0.4 is 0 Å². The predicted octanol–water partition coefficient (Wildman–Crippen LogP) is 7.12. The zero-order chi connectivity index (χ0) is 23.3. The molecule has 0 saturated carbocycles. The molecule has 4 rings (SSSR count). The molecule has 0 fully saturated rings. The summed E-state index contributed by atoms with van der Waals surface area (Å²) in [6.07, 6.45) is 3.46. The molecule has 168 valence electrons. The third-order valence-electron chi connectivity index (χ3n) is 5.17. The van der Waals surface area contributed by atoms with Crippen LogP contribution in [0.25, 0.3) is 20.9 Å². The SMILES string of the molecule is CC(C)(CN=Cc1cc(-c2cccs2)ccc1O)CN=Cc1cc(-c2cccs2)ccc1O. The van der Waals surface area contributed by atoms with Gasteiger partial charge in [-0.25, -0.2) is 0 Å². The van der Waals surface area contributed by atoms with E-state index in [4.69, 9.17) is 0 Å². The molecule has 0 amide bonds. The summed E-state index contributed by atoms with van der Waals surface area (Å²) in [5, 5.41) is 24.5. The molecule has 4 aromatic rings. The van der Waals surface area contributed by atoms with Crippen LogP contribution in [-0.4, -0.2) is 35.7 Å². The first kappa shape index (κ1) is 23.0. The Labute approximate surface area is 202 Å². The number of phenols is 2. The van der Waals surface area contributed by atoms with Crippen LogP contribution in [0.4, 0.5) is 0 Å². The highest BCUT2D eigenvalue weighted by molar-refractivity contribution is 7.13. The van der Waals surface area contributed by atoms with Gasteiger partial charge in [0.05, 0.1) is 0 Å². The number of aliphatic imine (C=N–C) groups is 2. The van der Waals surface area contributed by atoms with Gasteiger partial charge in [0.1, 0.15) is 11.5 Å². The van der Waals surface area contributed by atoms with Crippen LogP contribution in [0.2, 0.25) is 0 Å². The molecular formula is C27H26N2O2S2. The number of hydrogen-bond acceptors (Lipinski definition) is 6. The normalized spacial score (nSPS) is 12.2. The number of aromatic hydroxyl groups is 2. The highest BCUT2D eigenvalue weighted by atomic mass is 32.1. The smallest absolute Gasteiger partial charge is 0.124 e. The van der Waals surface area contributed by atoms with E-state index in [1.165, 1.54) is 0 Å². The van der Waals surface area contributed by atoms with Crippen molar-refractivity contribution in [2.45, 2.75) is 13.8 Å². The number of benzene rings is 2. The van der Waals surface area contributed by atoms with E-state index in [-0.39, 0.29) is 16.9 Å². The fourth-order valence-corrected chi connectivity index (χ4v) is 4.79. The Bertz CT molecular complexity index is 1160. The van der Waals surface area contributed by atoms with Crippen LogP contribution in [0.15, 0.2) is 81.4 Å². The Balaban J connectivity index is 1.40. The summed E-state index contributed by atoms with van der Waals surface area (Å²) in [6, 6.07) is 19.3. The first-order valence-electron chi connectivity index (χ1n) is 10.6. The van der Waals surface area contributed by atoms with E-state index in [0.717, 1.165) is 20.9 Å². The minimum Gasteiger partial charge on any atom is -0.507 e. The molecule has 0 bridgehead atoms. The Morgan fingerprint density at radius 2 is 1.18 bits per heavy atom. The van der Waals surface area contributed by atoms with Crippen molar-refractivity contribution in [2.75, 3.05) is 13.1 Å². The first-order chi connectivity index (χ1) is 15.9. The second-order valence-electron chi connectivity index (χ2n) is 8.61. The van der Waals surface area contributed by atoms with Crippen molar-refractivity contribution < 1.29 is 10.2 Å². The standard InChI is InChI=1S/C27H26N2O2S2/c1-27(2,17-28-15-21-13-19(7-9-23(21)30)25-5-3-11-32-25)18-29-16-22-14-20(8-10-24(22)31)26-6-4-12-33-26/h3-16,30-31H,17-18H2,1-2H3. The van der Waals surface area contributed by atoms with E-state index in [2.05, 4.69) is 36.0 Å². The van der Waals surface area contributed by atoms with E-state index in [9.17, 15) is 10.2 Å². The Morgan fingerprint density at radius 3 is 1.58 bits per heavy atom. The van der Waals surface area contributed by atoms with Crippen molar-refractivity contribution in [1.82, 2.24) is 0 Å². The van der Waals surface area contributed by atoms with Crippen molar-refractivity contribution in [3.63, 3.8) is 0 Å². The maximum Gasteiger partial charge on any atom is 0.124 e. The van der Waals surface area contributed by atoms with Crippen LogP contribution in [0.1, 0.15) is 25.0 Å². The molecule has 2 aromatic heterocycles. The van der Waals surface area contributed by atoms with Gasteiger partial charge in [-0.15, -0.1) is 22.7 Å². The molecule has 6 heteroatoms. The molecule has 33 heavy (non-hydrogen) atoms. The number of nitrogens with zero attached hydrogens (tertiary/aromatic N) is 2. The van der Waals surface area contributed by atoms with Gasteiger partial charge in [-0.3, -0.25) is 9.98 Å². The summed E-state index contributed by atoms with van der Waals surface area (Å²) in [4.78, 5) is 11.5. The molecule has 4 nitrogen and oxygen atoms in total. The van der Waals surface area contributed by atoms with Crippen molar-refractivity contribution >= 4 is 35.1 Å². The minimum absolute atomic E-state index is 0.172. The lowest BCUT2D eigenvalue weighted by molar-refractivity contribution is 0.396. The third kappa shape index (κ3) is 5.97. The second kappa shape index (κ2) is 10.1. The molecule has 2 N–H and O–H groups in total. The minimum atomic E-state index is -0.172. The van der Waals surface area contributed by atoms with Gasteiger partial charge in [0.25, 0.3) is 0 Å². The van der Waals surface area contributed by atoms with E-state index >= 15 is 0 Å². The van der Waals surface area contributed by atoms with Crippen LogP contribution in [-0.2, 0) is 0 Å². The summed E-state index contributed by atoms with van der Waals surface area (Å²) in [6.45, 7) is 5.33. The molecule has 0 unspecified atom stereocenters. The average molecular weight is 475 g/mol. The molecular weight excluding hydrogens is 448 g/mol. The van der Waals surface area contributed by atoms with Gasteiger partial charge < -0.3 is 10.2 Å². The van der Waals surface area contributed by atoms with Crippen LogP contribution >= 0.6 is 22.7 Å². The van der Waals surface area contributed by atoms with Gasteiger partial charge in [0.15, 0.2) is 0 Å². The molecule has 0 atom stereocenters. The Kier molecular flexibility index (Phi) is 7.06. The van der Waals surface area contributed by atoms with Crippen LogP contribution in [0.5, 0.6) is 11.5 Å². The Morgan fingerprint density at radius 1 is 0.727 bits per heavy atom. The summed E-state index contributed by atoms with van der Waals surface area (Å²) < 4.78 is 0. The summed E-state index contributed by atoms with van der Waals surface area (Å²) in [7, 11) is 0. The van der Waals surface area contributed by atoms with Crippen molar-refractivity contribution in [1.29, 1.82) is 0 Å². The number of rotatable bonds is 8. The Hall–Kier alpha value is -3.22. The van der Waals surface area contributed by atoms with Crippen LogP contribution in [0.3, 0.4) is 0 Å². The zero-order valence-electron chi connectivity index (χ0n) is 18.6. The van der Waals surface area contributed by atoms with Crippen LogP contribution in [0, 0.1) is 5.41 Å². The molecule has 2 aromatic carbocycles. The fraction of sp³-hybridized carbons (Fsp3) is 0.185.